The van der Waals surface area contributed by atoms with Gasteiger partial charge in [-0.05, 0) is 54.4 Å². The Morgan fingerprint density at radius 3 is 2.72 bits per heavy atom. The SMILES string of the molecule is Cc1cc2sc(N3C(=O)C(=O)/C(=C(/O)c4ccc5c(c4)OCCO5)C3c3cccnc3)nc2cc1Cl. The molecule has 4 aromatic rings. The number of carbonyl (C=O) groups excluding carboxylic acids is 2. The largest absolute Gasteiger partial charge is 0.507 e. The summed E-state index contributed by atoms with van der Waals surface area (Å²) in [4.78, 5) is 36.9. The summed E-state index contributed by atoms with van der Waals surface area (Å²) in [7, 11) is 0. The number of anilines is 1. The van der Waals surface area contributed by atoms with E-state index in [1.165, 1.54) is 16.2 Å². The third-order valence-electron chi connectivity index (χ3n) is 6.12. The maximum absolute atomic E-state index is 13.4. The lowest BCUT2D eigenvalue weighted by molar-refractivity contribution is -0.132. The summed E-state index contributed by atoms with van der Waals surface area (Å²) in [6.07, 6.45) is 3.16. The van der Waals surface area contributed by atoms with Gasteiger partial charge in [0, 0.05) is 23.0 Å². The number of fused-ring (bicyclic) bond motifs is 2. The molecule has 0 aliphatic carbocycles. The number of pyridine rings is 1. The Morgan fingerprint density at radius 2 is 1.94 bits per heavy atom. The van der Waals surface area contributed by atoms with E-state index in [2.05, 4.69) is 9.97 Å². The van der Waals surface area contributed by atoms with Gasteiger partial charge in [-0.15, -0.1) is 0 Å². The van der Waals surface area contributed by atoms with Gasteiger partial charge < -0.3 is 14.6 Å². The molecule has 0 saturated carbocycles. The first-order valence-electron chi connectivity index (χ1n) is 11.1. The van der Waals surface area contributed by atoms with Crippen molar-refractivity contribution < 1.29 is 24.2 Å². The Labute approximate surface area is 214 Å². The molecular weight excluding hydrogens is 502 g/mol. The molecule has 4 heterocycles. The van der Waals surface area contributed by atoms with Crippen molar-refractivity contribution >= 4 is 55.7 Å². The monoisotopic (exact) mass is 519 g/mol. The number of thiazole rings is 1. The third-order valence-corrected chi connectivity index (χ3v) is 7.55. The molecule has 0 spiro atoms. The fraction of sp³-hybridized carbons (Fsp3) is 0.154. The standard InChI is InChI=1S/C26H18ClN3O5S/c1-13-9-20-17(11-16(13)27)29-26(36-20)30-22(15-3-2-6-28-12-15)21(24(32)25(30)33)23(31)14-4-5-18-19(10-14)35-8-7-34-18/h2-6,9-12,22,31H,7-8H2,1H3/b23-21+. The molecule has 6 rings (SSSR count). The van der Waals surface area contributed by atoms with Gasteiger partial charge in [-0.25, -0.2) is 4.98 Å². The summed E-state index contributed by atoms with van der Waals surface area (Å²) in [6, 6.07) is 11.0. The van der Waals surface area contributed by atoms with Crippen LogP contribution in [-0.4, -0.2) is 40.0 Å². The summed E-state index contributed by atoms with van der Waals surface area (Å²) in [6.45, 7) is 2.69. The van der Waals surface area contributed by atoms with Gasteiger partial charge in [-0.3, -0.25) is 19.5 Å². The number of Topliss-reactive ketones (excluding diaryl/α,β-unsaturated/α-hetero) is 1. The number of aliphatic hydroxyl groups excluding tert-OH is 1. The van der Waals surface area contributed by atoms with E-state index in [0.29, 0.717) is 51.5 Å². The van der Waals surface area contributed by atoms with Gasteiger partial charge in [-0.2, -0.15) is 0 Å². The summed E-state index contributed by atoms with van der Waals surface area (Å²) in [5, 5.41) is 12.2. The van der Waals surface area contributed by atoms with E-state index < -0.39 is 17.7 Å². The van der Waals surface area contributed by atoms with Gasteiger partial charge in [0.2, 0.25) is 0 Å². The molecule has 1 atom stereocenters. The first-order chi connectivity index (χ1) is 17.4. The first-order valence-corrected chi connectivity index (χ1v) is 12.3. The second-order valence-electron chi connectivity index (χ2n) is 8.38. The summed E-state index contributed by atoms with van der Waals surface area (Å²) >= 11 is 7.55. The third kappa shape index (κ3) is 3.59. The van der Waals surface area contributed by atoms with Gasteiger partial charge in [0.25, 0.3) is 5.78 Å². The van der Waals surface area contributed by atoms with Crippen LogP contribution in [0, 0.1) is 6.92 Å². The molecule has 10 heteroatoms. The molecule has 2 aliphatic rings. The number of carbonyl (C=O) groups is 2. The van der Waals surface area contributed by atoms with Crippen molar-refractivity contribution in [1.82, 2.24) is 9.97 Å². The van der Waals surface area contributed by atoms with Crippen molar-refractivity contribution in [3.63, 3.8) is 0 Å². The Kier molecular flexibility index (Phi) is 5.39. The molecule has 1 fully saturated rings. The minimum absolute atomic E-state index is 0.0573. The first kappa shape index (κ1) is 22.5. The quantitative estimate of drug-likeness (QED) is 0.229. The van der Waals surface area contributed by atoms with Crippen LogP contribution in [-0.2, 0) is 9.59 Å². The number of aryl methyl sites for hydroxylation is 1. The average molecular weight is 520 g/mol. The Balaban J connectivity index is 1.53. The maximum Gasteiger partial charge on any atom is 0.301 e. The zero-order chi connectivity index (χ0) is 25.0. The number of ether oxygens (including phenoxy) is 2. The molecule has 2 aliphatic heterocycles. The molecule has 2 aromatic heterocycles. The predicted octanol–water partition coefficient (Wildman–Crippen LogP) is 5.05. The van der Waals surface area contributed by atoms with Crippen LogP contribution in [0.5, 0.6) is 11.5 Å². The van der Waals surface area contributed by atoms with Crippen molar-refractivity contribution in [2.45, 2.75) is 13.0 Å². The average Bonchev–Trinajstić information content (AvgIpc) is 3.41. The molecular formula is C26H18ClN3O5S. The molecule has 1 amide bonds. The van der Waals surface area contributed by atoms with Crippen molar-refractivity contribution in [3.8, 4) is 11.5 Å². The lowest BCUT2D eigenvalue weighted by atomic mass is 9.96. The molecule has 8 nitrogen and oxygen atoms in total. The number of hydrogen-bond donors (Lipinski definition) is 1. The van der Waals surface area contributed by atoms with Gasteiger partial charge >= 0.3 is 5.91 Å². The highest BCUT2D eigenvalue weighted by Gasteiger charge is 2.48. The molecule has 0 bridgehead atoms. The number of aromatic nitrogens is 2. The number of rotatable bonds is 3. The van der Waals surface area contributed by atoms with E-state index in [0.717, 1.165) is 10.3 Å². The number of ketones is 1. The van der Waals surface area contributed by atoms with Crippen molar-refractivity contribution in [2.24, 2.45) is 0 Å². The number of halogens is 1. The summed E-state index contributed by atoms with van der Waals surface area (Å²) in [5.41, 5.74) is 2.33. The van der Waals surface area contributed by atoms with Crippen LogP contribution in [0.1, 0.15) is 22.7 Å². The highest BCUT2D eigenvalue weighted by molar-refractivity contribution is 7.22. The molecule has 1 N–H and O–H groups in total. The zero-order valence-electron chi connectivity index (χ0n) is 18.9. The smallest absolute Gasteiger partial charge is 0.301 e. The molecule has 180 valence electrons. The minimum atomic E-state index is -0.927. The van der Waals surface area contributed by atoms with Crippen LogP contribution in [0.15, 0.2) is 60.4 Å². The van der Waals surface area contributed by atoms with Crippen molar-refractivity contribution in [2.75, 3.05) is 18.1 Å². The van der Waals surface area contributed by atoms with E-state index in [1.807, 2.05) is 13.0 Å². The second kappa shape index (κ2) is 8.61. The normalized spacial score (nSPS) is 18.7. The van der Waals surface area contributed by atoms with Crippen LogP contribution in [0.25, 0.3) is 16.0 Å². The van der Waals surface area contributed by atoms with Gasteiger partial charge in [0.15, 0.2) is 16.6 Å². The highest BCUT2D eigenvalue weighted by atomic mass is 35.5. The van der Waals surface area contributed by atoms with Gasteiger partial charge in [-0.1, -0.05) is 29.0 Å². The predicted molar refractivity (Wildman–Crippen MR) is 136 cm³/mol. The van der Waals surface area contributed by atoms with E-state index in [-0.39, 0.29) is 11.3 Å². The molecule has 2 aromatic carbocycles. The van der Waals surface area contributed by atoms with E-state index in [9.17, 15) is 14.7 Å². The maximum atomic E-state index is 13.4. The van der Waals surface area contributed by atoms with Gasteiger partial charge in [0.05, 0.1) is 21.8 Å². The van der Waals surface area contributed by atoms with E-state index >= 15 is 0 Å². The summed E-state index contributed by atoms with van der Waals surface area (Å²) < 4.78 is 12.0. The number of aliphatic hydroxyl groups is 1. The van der Waals surface area contributed by atoms with Crippen LogP contribution < -0.4 is 14.4 Å². The number of benzene rings is 2. The molecule has 0 radical (unpaired) electrons. The van der Waals surface area contributed by atoms with E-state index in [4.69, 9.17) is 21.1 Å². The number of hydrogen-bond acceptors (Lipinski definition) is 8. The topological polar surface area (TPSA) is 102 Å². The Bertz CT molecular complexity index is 1540. The van der Waals surface area contributed by atoms with Crippen molar-refractivity contribution in [3.05, 3.63) is 82.1 Å². The fourth-order valence-corrected chi connectivity index (χ4v) is 5.60. The zero-order valence-corrected chi connectivity index (χ0v) is 20.5. The van der Waals surface area contributed by atoms with Crippen LogP contribution in [0.4, 0.5) is 5.13 Å². The van der Waals surface area contributed by atoms with Crippen molar-refractivity contribution in [1.29, 1.82) is 0 Å². The second-order valence-corrected chi connectivity index (χ2v) is 9.80. The van der Waals surface area contributed by atoms with Gasteiger partial charge in [0.1, 0.15) is 19.0 Å². The van der Waals surface area contributed by atoms with Crippen LogP contribution in [0.2, 0.25) is 5.02 Å². The fourth-order valence-electron chi connectivity index (χ4n) is 4.37. The number of amides is 1. The molecule has 1 unspecified atom stereocenters. The Morgan fingerprint density at radius 1 is 1.14 bits per heavy atom. The number of nitrogens with zero attached hydrogens (tertiary/aromatic N) is 3. The lowest BCUT2D eigenvalue weighted by Gasteiger charge is -2.23. The Hall–Kier alpha value is -3.95. The van der Waals surface area contributed by atoms with E-state index in [1.54, 1.807) is 48.8 Å². The van der Waals surface area contributed by atoms with Crippen LogP contribution in [0.3, 0.4) is 0 Å². The highest BCUT2D eigenvalue weighted by Crippen LogP contribution is 2.45. The molecule has 36 heavy (non-hydrogen) atoms. The van der Waals surface area contributed by atoms with Crippen LogP contribution >= 0.6 is 22.9 Å². The minimum Gasteiger partial charge on any atom is -0.507 e. The summed E-state index contributed by atoms with van der Waals surface area (Å²) in [5.74, 6) is -0.919. The molecule has 1 saturated heterocycles. The lowest BCUT2D eigenvalue weighted by Crippen LogP contribution is -2.29.